The monoisotopic (exact) mass is 484 g/mol. The molecule has 2 aromatic carbocycles. The Morgan fingerprint density at radius 3 is 1.85 bits per heavy atom. The fraction of sp³-hybridized carbons (Fsp3) is 0.370. The summed E-state index contributed by atoms with van der Waals surface area (Å²) >= 11 is 1.07. The van der Waals surface area contributed by atoms with Crippen molar-refractivity contribution in [3.63, 3.8) is 0 Å². The van der Waals surface area contributed by atoms with Crippen molar-refractivity contribution in [3.05, 3.63) is 72.3 Å². The van der Waals surface area contributed by atoms with E-state index in [1.165, 1.54) is 37.5 Å². The topological polar surface area (TPSA) is 89.9 Å². The minimum Gasteiger partial charge on any atom is -0.494 e. The van der Waals surface area contributed by atoms with E-state index >= 15 is 0 Å². The Morgan fingerprint density at radius 1 is 0.765 bits per heavy atom. The molecule has 0 aromatic heterocycles. The van der Waals surface area contributed by atoms with Crippen molar-refractivity contribution in [2.75, 3.05) is 13.2 Å². The van der Waals surface area contributed by atoms with Gasteiger partial charge in [0.05, 0.1) is 18.8 Å². The van der Waals surface area contributed by atoms with Gasteiger partial charge in [0.2, 0.25) is 5.12 Å². The number of aromatic carboxylic acids is 1. The van der Waals surface area contributed by atoms with Crippen molar-refractivity contribution in [3.8, 4) is 5.75 Å². The van der Waals surface area contributed by atoms with Crippen LogP contribution in [-0.2, 0) is 9.53 Å². The van der Waals surface area contributed by atoms with Crippen molar-refractivity contribution < 1.29 is 29.0 Å². The SMILES string of the molecule is C=CC(=O)OCCCCCCCCCCOc1ccc(C(=O)Sc2ccc(C(=O)O)cc2)cc1. The molecule has 0 aliphatic carbocycles. The van der Waals surface area contributed by atoms with Gasteiger partial charge in [-0.2, -0.15) is 0 Å². The fourth-order valence-electron chi connectivity index (χ4n) is 3.21. The Bertz CT molecular complexity index is 921. The number of thioether (sulfide) groups is 1. The smallest absolute Gasteiger partial charge is 0.335 e. The highest BCUT2D eigenvalue weighted by atomic mass is 32.2. The van der Waals surface area contributed by atoms with Gasteiger partial charge >= 0.3 is 11.9 Å². The molecule has 0 aliphatic heterocycles. The molecule has 0 heterocycles. The van der Waals surface area contributed by atoms with E-state index < -0.39 is 5.97 Å². The lowest BCUT2D eigenvalue weighted by Crippen LogP contribution is -2.01. The first kappa shape index (κ1) is 27.2. The van der Waals surface area contributed by atoms with Gasteiger partial charge < -0.3 is 14.6 Å². The Hall–Kier alpha value is -3.06. The van der Waals surface area contributed by atoms with E-state index in [1.54, 1.807) is 36.4 Å². The molecule has 6 nitrogen and oxygen atoms in total. The predicted molar refractivity (Wildman–Crippen MR) is 134 cm³/mol. The lowest BCUT2D eigenvalue weighted by molar-refractivity contribution is -0.137. The summed E-state index contributed by atoms with van der Waals surface area (Å²) < 4.78 is 10.7. The average Bonchev–Trinajstić information content (AvgIpc) is 2.85. The van der Waals surface area contributed by atoms with Gasteiger partial charge in [0.1, 0.15) is 5.75 Å². The lowest BCUT2D eigenvalue weighted by Gasteiger charge is -2.07. The van der Waals surface area contributed by atoms with E-state index in [0.717, 1.165) is 49.6 Å². The highest BCUT2D eigenvalue weighted by Crippen LogP contribution is 2.24. The maximum absolute atomic E-state index is 12.4. The summed E-state index contributed by atoms with van der Waals surface area (Å²) in [6, 6.07) is 13.3. The molecule has 0 unspecified atom stereocenters. The van der Waals surface area contributed by atoms with Gasteiger partial charge in [-0.15, -0.1) is 0 Å². The van der Waals surface area contributed by atoms with E-state index in [2.05, 4.69) is 6.58 Å². The third kappa shape index (κ3) is 10.7. The van der Waals surface area contributed by atoms with Crippen molar-refractivity contribution in [2.45, 2.75) is 56.3 Å². The van der Waals surface area contributed by atoms with Gasteiger partial charge in [-0.3, -0.25) is 4.79 Å². The minimum atomic E-state index is -0.990. The summed E-state index contributed by atoms with van der Waals surface area (Å²) in [7, 11) is 0. The average molecular weight is 485 g/mol. The number of esters is 1. The van der Waals surface area contributed by atoms with Gasteiger partial charge in [0.15, 0.2) is 0 Å². The van der Waals surface area contributed by atoms with Gasteiger partial charge in [-0.25, -0.2) is 9.59 Å². The molecular formula is C27H32O6S. The van der Waals surface area contributed by atoms with Crippen molar-refractivity contribution in [2.24, 2.45) is 0 Å². The second kappa shape index (κ2) is 15.7. The van der Waals surface area contributed by atoms with E-state index in [1.807, 2.05) is 0 Å². The maximum Gasteiger partial charge on any atom is 0.335 e. The summed E-state index contributed by atoms with van der Waals surface area (Å²) in [5.74, 6) is -0.604. The zero-order valence-electron chi connectivity index (χ0n) is 19.4. The largest absolute Gasteiger partial charge is 0.494 e. The molecule has 0 saturated heterocycles. The molecule has 0 spiro atoms. The number of carboxylic acid groups (broad SMARTS) is 1. The third-order valence-corrected chi connectivity index (χ3v) is 6.05. The zero-order chi connectivity index (χ0) is 24.6. The van der Waals surface area contributed by atoms with Crippen LogP contribution in [0.2, 0.25) is 0 Å². The molecule has 0 bridgehead atoms. The molecule has 2 rings (SSSR count). The Kier molecular flexibility index (Phi) is 12.6. The van der Waals surface area contributed by atoms with Crippen molar-refractivity contribution in [1.82, 2.24) is 0 Å². The van der Waals surface area contributed by atoms with Crippen LogP contribution in [0.3, 0.4) is 0 Å². The summed E-state index contributed by atoms with van der Waals surface area (Å²) in [5.41, 5.74) is 0.762. The van der Waals surface area contributed by atoms with E-state index in [0.29, 0.717) is 23.7 Å². The molecule has 0 radical (unpaired) electrons. The van der Waals surface area contributed by atoms with Crippen LogP contribution in [0, 0.1) is 0 Å². The number of rotatable bonds is 16. The van der Waals surface area contributed by atoms with Gasteiger partial charge in [-0.1, -0.05) is 45.1 Å². The standard InChI is InChI=1S/C27H32O6S/c1-2-25(28)33-20-10-8-6-4-3-5-7-9-19-32-23-15-11-22(12-16-23)27(31)34-24-17-13-21(14-18-24)26(29)30/h2,11-18H,1,3-10,19-20H2,(H,29,30). The Morgan fingerprint density at radius 2 is 1.29 bits per heavy atom. The zero-order valence-corrected chi connectivity index (χ0v) is 20.2. The quantitative estimate of drug-likeness (QED) is 0.125. The normalized spacial score (nSPS) is 10.5. The number of carbonyl (C=O) groups excluding carboxylic acids is 2. The molecule has 0 amide bonds. The first-order chi connectivity index (χ1) is 16.5. The molecule has 0 saturated carbocycles. The molecule has 0 fully saturated rings. The molecule has 7 heteroatoms. The summed E-state index contributed by atoms with van der Waals surface area (Å²) in [5, 5.41) is 8.84. The van der Waals surface area contributed by atoms with Crippen molar-refractivity contribution in [1.29, 1.82) is 0 Å². The van der Waals surface area contributed by atoms with Crippen LogP contribution >= 0.6 is 11.8 Å². The van der Waals surface area contributed by atoms with E-state index in [4.69, 9.17) is 14.6 Å². The van der Waals surface area contributed by atoms with Crippen LogP contribution < -0.4 is 4.74 Å². The van der Waals surface area contributed by atoms with Crippen LogP contribution in [0.1, 0.15) is 72.1 Å². The molecule has 0 atom stereocenters. The summed E-state index contributed by atoms with van der Waals surface area (Å²) in [4.78, 5) is 34.9. The molecule has 2 aromatic rings. The number of carbonyl (C=O) groups is 3. The van der Waals surface area contributed by atoms with Gasteiger partial charge in [0, 0.05) is 16.5 Å². The van der Waals surface area contributed by atoms with Gasteiger partial charge in [-0.05, 0) is 73.1 Å². The number of hydrogen-bond acceptors (Lipinski definition) is 6. The Labute approximate surface area is 205 Å². The maximum atomic E-state index is 12.4. The van der Waals surface area contributed by atoms with E-state index in [9.17, 15) is 14.4 Å². The highest BCUT2D eigenvalue weighted by molar-refractivity contribution is 8.14. The van der Waals surface area contributed by atoms with Crippen LogP contribution in [0.15, 0.2) is 66.1 Å². The number of unbranched alkanes of at least 4 members (excludes halogenated alkanes) is 7. The summed E-state index contributed by atoms with van der Waals surface area (Å²) in [6.07, 6.45) is 9.97. The Balaban J connectivity index is 1.54. The van der Waals surface area contributed by atoms with Crippen LogP contribution in [0.5, 0.6) is 5.75 Å². The molecular weight excluding hydrogens is 452 g/mol. The molecule has 182 valence electrons. The third-order valence-electron chi connectivity index (χ3n) is 5.12. The number of carboxylic acids is 1. The molecule has 34 heavy (non-hydrogen) atoms. The van der Waals surface area contributed by atoms with Crippen molar-refractivity contribution >= 4 is 28.8 Å². The van der Waals surface area contributed by atoms with Crippen LogP contribution in [0.4, 0.5) is 0 Å². The number of hydrogen-bond donors (Lipinski definition) is 1. The number of ether oxygens (including phenoxy) is 2. The van der Waals surface area contributed by atoms with Gasteiger partial charge in [0.25, 0.3) is 0 Å². The van der Waals surface area contributed by atoms with Crippen LogP contribution in [-0.4, -0.2) is 35.4 Å². The second-order valence-corrected chi connectivity index (χ2v) is 8.84. The second-order valence-electron chi connectivity index (χ2n) is 7.79. The first-order valence-corrected chi connectivity index (χ1v) is 12.4. The molecule has 1 N–H and O–H groups in total. The number of benzene rings is 2. The summed E-state index contributed by atoms with van der Waals surface area (Å²) in [6.45, 7) is 4.48. The lowest BCUT2D eigenvalue weighted by atomic mass is 10.1. The van der Waals surface area contributed by atoms with E-state index in [-0.39, 0.29) is 16.6 Å². The van der Waals surface area contributed by atoms with Crippen LogP contribution in [0.25, 0.3) is 0 Å². The fourth-order valence-corrected chi connectivity index (χ4v) is 3.95. The first-order valence-electron chi connectivity index (χ1n) is 11.6. The molecule has 0 aliphatic rings. The minimum absolute atomic E-state index is 0.104. The highest BCUT2D eigenvalue weighted by Gasteiger charge is 2.10. The predicted octanol–water partition coefficient (Wildman–Crippen LogP) is 6.55.